The van der Waals surface area contributed by atoms with Gasteiger partial charge in [0.15, 0.2) is 0 Å². The van der Waals surface area contributed by atoms with Gasteiger partial charge in [0.05, 0.1) is 5.38 Å². The molecule has 14 heavy (non-hydrogen) atoms. The molecule has 0 nitrogen and oxygen atoms in total. The fraction of sp³-hybridized carbons (Fsp3) is 0.846. The Hall–Kier alpha value is 0.0300. The highest BCUT2D eigenvalue weighted by Crippen LogP contribution is 2.28. The number of alkyl halides is 1. The Balaban J connectivity index is 2.42. The second kappa shape index (κ2) is 5.21. The van der Waals surface area contributed by atoms with E-state index in [0.717, 1.165) is 0 Å². The van der Waals surface area contributed by atoms with Crippen LogP contribution in [0.5, 0.6) is 0 Å². The van der Waals surface area contributed by atoms with Crippen molar-refractivity contribution in [2.24, 2.45) is 5.41 Å². The minimum Gasteiger partial charge on any atom is -0.118 e. The number of allylic oxidation sites excluding steroid dienone is 2. The normalized spacial score (nSPS) is 24.3. The van der Waals surface area contributed by atoms with Crippen LogP contribution in [-0.2, 0) is 0 Å². The van der Waals surface area contributed by atoms with Crippen molar-refractivity contribution in [3.05, 3.63) is 11.6 Å². The molecule has 0 amide bonds. The third-order valence-electron chi connectivity index (χ3n) is 2.84. The van der Waals surface area contributed by atoms with Crippen molar-refractivity contribution in [1.82, 2.24) is 0 Å². The summed E-state index contributed by atoms with van der Waals surface area (Å²) in [5.41, 5.74) is 2.05. The molecule has 0 aromatic heterocycles. The van der Waals surface area contributed by atoms with Crippen LogP contribution in [0.15, 0.2) is 11.6 Å². The van der Waals surface area contributed by atoms with E-state index in [1.54, 1.807) is 5.57 Å². The Morgan fingerprint density at radius 2 is 2.07 bits per heavy atom. The lowest BCUT2D eigenvalue weighted by molar-refractivity contribution is 0.375. The van der Waals surface area contributed by atoms with E-state index in [0.29, 0.717) is 10.8 Å². The highest BCUT2D eigenvalue weighted by molar-refractivity contribution is 6.21. The van der Waals surface area contributed by atoms with Crippen LogP contribution in [-0.4, -0.2) is 5.38 Å². The maximum atomic E-state index is 6.19. The van der Waals surface area contributed by atoms with E-state index in [-0.39, 0.29) is 0 Å². The molecule has 0 bridgehead atoms. The molecule has 1 aliphatic carbocycles. The molecule has 0 spiro atoms. The van der Waals surface area contributed by atoms with Gasteiger partial charge in [-0.2, -0.15) is 0 Å². The van der Waals surface area contributed by atoms with Crippen molar-refractivity contribution in [3.8, 4) is 0 Å². The van der Waals surface area contributed by atoms with Crippen molar-refractivity contribution >= 4 is 11.6 Å². The maximum Gasteiger partial charge on any atom is 0.0518 e. The van der Waals surface area contributed by atoms with Crippen LogP contribution in [0.4, 0.5) is 0 Å². The number of hydrogen-bond donors (Lipinski definition) is 0. The van der Waals surface area contributed by atoms with E-state index < -0.39 is 0 Å². The van der Waals surface area contributed by atoms with Gasteiger partial charge in [-0.3, -0.25) is 0 Å². The summed E-state index contributed by atoms with van der Waals surface area (Å²) in [5.74, 6) is 0. The first kappa shape index (κ1) is 12.1. The van der Waals surface area contributed by atoms with Gasteiger partial charge in [-0.05, 0) is 37.5 Å². The van der Waals surface area contributed by atoms with Crippen LogP contribution in [0, 0.1) is 5.41 Å². The maximum absolute atomic E-state index is 6.19. The molecule has 1 rings (SSSR count). The van der Waals surface area contributed by atoms with Gasteiger partial charge in [-0.15, -0.1) is 11.6 Å². The zero-order valence-electron chi connectivity index (χ0n) is 9.78. The van der Waals surface area contributed by atoms with Crippen LogP contribution in [0.25, 0.3) is 0 Å². The van der Waals surface area contributed by atoms with Gasteiger partial charge >= 0.3 is 0 Å². The van der Waals surface area contributed by atoms with E-state index >= 15 is 0 Å². The Bertz CT molecular complexity index is 198. The fourth-order valence-electron chi connectivity index (χ4n) is 1.86. The number of rotatable bonds is 2. The van der Waals surface area contributed by atoms with Crippen LogP contribution < -0.4 is 0 Å². The van der Waals surface area contributed by atoms with E-state index in [1.807, 2.05) is 0 Å². The zero-order chi connectivity index (χ0) is 10.6. The van der Waals surface area contributed by atoms with Crippen LogP contribution in [0.3, 0.4) is 0 Å². The summed E-state index contributed by atoms with van der Waals surface area (Å²) in [6, 6.07) is 0. The minimum absolute atomic E-state index is 0.299. The molecular weight excluding hydrogens is 192 g/mol. The largest absolute Gasteiger partial charge is 0.118 e. The Morgan fingerprint density at radius 3 is 2.71 bits per heavy atom. The van der Waals surface area contributed by atoms with E-state index in [1.165, 1.54) is 38.5 Å². The van der Waals surface area contributed by atoms with Gasteiger partial charge in [0.1, 0.15) is 0 Å². The third-order valence-corrected chi connectivity index (χ3v) is 3.18. The quantitative estimate of drug-likeness (QED) is 0.452. The Labute approximate surface area is 93.7 Å². The molecule has 0 saturated carbocycles. The molecule has 1 heteroatoms. The Kier molecular flexibility index (Phi) is 4.50. The second-order valence-corrected chi connectivity index (χ2v) is 6.21. The molecule has 0 aliphatic heterocycles. The highest BCUT2D eigenvalue weighted by Gasteiger charge is 2.13. The predicted octanol–water partition coefficient (Wildman–Crippen LogP) is 4.92. The smallest absolute Gasteiger partial charge is 0.0518 e. The highest BCUT2D eigenvalue weighted by atomic mass is 35.5. The summed E-state index contributed by atoms with van der Waals surface area (Å²) >= 11 is 6.19. The lowest BCUT2D eigenvalue weighted by Gasteiger charge is -2.18. The third kappa shape index (κ3) is 5.05. The van der Waals surface area contributed by atoms with Crippen molar-refractivity contribution in [3.63, 3.8) is 0 Å². The molecule has 82 valence electrons. The number of hydrogen-bond acceptors (Lipinski definition) is 0. The molecule has 0 radical (unpaired) electrons. The predicted molar refractivity (Wildman–Crippen MR) is 64.9 cm³/mol. The van der Waals surface area contributed by atoms with Gasteiger partial charge < -0.3 is 0 Å². The SMILES string of the molecule is CC(C)(C)CCC1=CC(Cl)CCCC1. The van der Waals surface area contributed by atoms with Crippen molar-refractivity contribution in [1.29, 1.82) is 0 Å². The van der Waals surface area contributed by atoms with E-state index in [9.17, 15) is 0 Å². The molecule has 0 aromatic rings. The van der Waals surface area contributed by atoms with Crippen LogP contribution >= 0.6 is 11.6 Å². The number of halogens is 1. The summed E-state index contributed by atoms with van der Waals surface area (Å²) in [4.78, 5) is 0. The topological polar surface area (TPSA) is 0 Å². The lowest BCUT2D eigenvalue weighted by Crippen LogP contribution is -2.05. The first-order chi connectivity index (χ1) is 6.47. The summed E-state index contributed by atoms with van der Waals surface area (Å²) in [5, 5.41) is 0.299. The van der Waals surface area contributed by atoms with E-state index in [2.05, 4.69) is 26.8 Å². The van der Waals surface area contributed by atoms with Crippen LogP contribution in [0.1, 0.15) is 59.3 Å². The van der Waals surface area contributed by atoms with Gasteiger partial charge in [-0.1, -0.05) is 38.8 Å². The molecule has 0 N–H and O–H groups in total. The molecule has 0 heterocycles. The van der Waals surface area contributed by atoms with Gasteiger partial charge in [0.2, 0.25) is 0 Å². The standard InChI is InChI=1S/C13H23Cl/c1-13(2,3)9-8-11-6-4-5-7-12(14)10-11/h10,12H,4-9H2,1-3H3. The van der Waals surface area contributed by atoms with Crippen molar-refractivity contribution in [2.45, 2.75) is 64.7 Å². The summed E-state index contributed by atoms with van der Waals surface area (Å²) in [6.45, 7) is 6.92. The summed E-state index contributed by atoms with van der Waals surface area (Å²) < 4.78 is 0. The summed E-state index contributed by atoms with van der Waals surface area (Å²) in [6.07, 6.45) is 9.90. The van der Waals surface area contributed by atoms with Crippen molar-refractivity contribution in [2.75, 3.05) is 0 Å². The molecule has 0 aromatic carbocycles. The molecular formula is C13H23Cl. The molecule has 1 unspecified atom stereocenters. The minimum atomic E-state index is 0.299. The Morgan fingerprint density at radius 1 is 1.36 bits per heavy atom. The monoisotopic (exact) mass is 214 g/mol. The fourth-order valence-corrected chi connectivity index (χ4v) is 2.19. The van der Waals surface area contributed by atoms with Crippen LogP contribution in [0.2, 0.25) is 0 Å². The van der Waals surface area contributed by atoms with Gasteiger partial charge in [-0.25, -0.2) is 0 Å². The average Bonchev–Trinajstić information content (AvgIpc) is 2.25. The second-order valence-electron chi connectivity index (χ2n) is 5.65. The van der Waals surface area contributed by atoms with Gasteiger partial charge in [0.25, 0.3) is 0 Å². The molecule has 1 aliphatic rings. The van der Waals surface area contributed by atoms with Gasteiger partial charge in [0, 0.05) is 0 Å². The van der Waals surface area contributed by atoms with Crippen molar-refractivity contribution < 1.29 is 0 Å². The summed E-state index contributed by atoms with van der Waals surface area (Å²) in [7, 11) is 0. The molecule has 1 atom stereocenters. The lowest BCUT2D eigenvalue weighted by atomic mass is 9.88. The molecule has 0 fully saturated rings. The average molecular weight is 215 g/mol. The zero-order valence-corrected chi connectivity index (χ0v) is 10.5. The first-order valence-electron chi connectivity index (χ1n) is 5.81. The van der Waals surface area contributed by atoms with E-state index in [4.69, 9.17) is 11.6 Å². The molecule has 0 saturated heterocycles. The first-order valence-corrected chi connectivity index (χ1v) is 6.25.